The molecule has 6 nitrogen and oxygen atoms in total. The van der Waals surface area contributed by atoms with Gasteiger partial charge in [-0.25, -0.2) is 0 Å². The van der Waals surface area contributed by atoms with Crippen molar-refractivity contribution < 1.29 is 47.7 Å². The van der Waals surface area contributed by atoms with Crippen LogP contribution in [0.2, 0.25) is 0 Å². The van der Waals surface area contributed by atoms with Crippen molar-refractivity contribution in [1.82, 2.24) is 0 Å². The van der Waals surface area contributed by atoms with Crippen molar-refractivity contribution in [3.63, 3.8) is 0 Å². The van der Waals surface area contributed by atoms with E-state index < -0.39 is 13.4 Å². The van der Waals surface area contributed by atoms with Crippen LogP contribution in [0.1, 0.15) is 15.6 Å². The Bertz CT molecular complexity index is 601. The van der Waals surface area contributed by atoms with Crippen LogP contribution >= 0.6 is 13.4 Å². The molecule has 0 fully saturated rings. The zero-order chi connectivity index (χ0) is 18.8. The first-order chi connectivity index (χ1) is 10.9. The standard InChI is InChI=1S/C13H11.2H3O3PS.Zn/c1-3-7-12(8-4-1)11-13-9-5-2-6-10-13;2*1-4(2,3)5;/h1-11H;2*(H3,1,2,3,5);. The van der Waals surface area contributed by atoms with E-state index in [4.69, 9.17) is 29.4 Å². The van der Waals surface area contributed by atoms with E-state index in [9.17, 15) is 0 Å². The maximum atomic E-state index is 7.56. The Morgan fingerprint density at radius 2 is 0.833 bits per heavy atom. The summed E-state index contributed by atoms with van der Waals surface area (Å²) in [6, 6.07) is 21.4. The summed E-state index contributed by atoms with van der Waals surface area (Å²) in [7, 11) is 0. The summed E-state index contributed by atoms with van der Waals surface area (Å²) in [6.45, 7) is -7.61. The van der Waals surface area contributed by atoms with Crippen LogP contribution in [0, 0.1) is 0 Å². The number of hydrogen-bond acceptors (Lipinski definition) is 2. The van der Waals surface area contributed by atoms with Crippen molar-refractivity contribution in [3.05, 3.63) is 71.8 Å². The van der Waals surface area contributed by atoms with Gasteiger partial charge in [0.05, 0.1) is 0 Å². The fourth-order valence-electron chi connectivity index (χ4n) is 1.56. The van der Waals surface area contributed by atoms with Gasteiger partial charge in [-0.3, -0.25) is 0 Å². The Balaban J connectivity index is 0.000000442. The van der Waals surface area contributed by atoms with Gasteiger partial charge in [0.2, 0.25) is 0 Å². The molecule has 0 aliphatic carbocycles. The number of rotatable bonds is 2. The predicted molar refractivity (Wildman–Crippen MR) is 96.6 cm³/mol. The third-order valence-electron chi connectivity index (χ3n) is 2.40. The van der Waals surface area contributed by atoms with E-state index in [0.717, 1.165) is 0 Å². The summed E-state index contributed by atoms with van der Waals surface area (Å²) in [6.07, 6.45) is 0. The first-order valence-corrected chi connectivity index (χ1v) is 13.4. The van der Waals surface area contributed by atoms with Crippen molar-refractivity contribution in [3.8, 4) is 0 Å². The second-order valence-electron chi connectivity index (χ2n) is 4.40. The van der Waals surface area contributed by atoms with Crippen LogP contribution in [0.3, 0.4) is 0 Å². The minimum absolute atomic E-state index is 0.609. The second-order valence-corrected chi connectivity index (χ2v) is 11.1. The molecule has 6 N–H and O–H groups in total. The van der Waals surface area contributed by atoms with Crippen LogP contribution in [0.25, 0.3) is 0 Å². The Labute approximate surface area is 160 Å². The van der Waals surface area contributed by atoms with Crippen molar-refractivity contribution in [2.75, 3.05) is 0 Å². The SMILES string of the molecule is OP(O)(O)=S.OP(O)(O)=S.[Zn][CH](c1ccccc1)c1ccccc1. The first-order valence-electron chi connectivity index (χ1n) is 6.37. The Morgan fingerprint density at radius 1 is 0.625 bits per heavy atom. The summed E-state index contributed by atoms with van der Waals surface area (Å²) in [4.78, 5) is 45.3. The zero-order valence-electron chi connectivity index (χ0n) is 12.5. The van der Waals surface area contributed by atoms with Gasteiger partial charge in [0, 0.05) is 0 Å². The van der Waals surface area contributed by atoms with E-state index in [1.807, 2.05) is 0 Å². The molecule has 0 heterocycles. The molecule has 0 spiro atoms. The Hall–Kier alpha value is 0.123. The Morgan fingerprint density at radius 3 is 1.04 bits per heavy atom. The molecule has 0 unspecified atom stereocenters. The molecule has 0 saturated carbocycles. The maximum absolute atomic E-state index is 7.56. The molecule has 2 rings (SSSR count). The van der Waals surface area contributed by atoms with E-state index in [2.05, 4.69) is 84.3 Å². The molecule has 0 aliphatic heterocycles. The van der Waals surface area contributed by atoms with Gasteiger partial charge >= 0.3 is 108 Å². The summed E-state index contributed by atoms with van der Waals surface area (Å²) in [5, 5.41) is 0. The van der Waals surface area contributed by atoms with Crippen LogP contribution in [0.4, 0.5) is 0 Å². The van der Waals surface area contributed by atoms with E-state index in [-0.39, 0.29) is 0 Å². The van der Waals surface area contributed by atoms with Gasteiger partial charge in [-0.1, -0.05) is 0 Å². The van der Waals surface area contributed by atoms with Crippen LogP contribution in [-0.4, -0.2) is 29.4 Å². The molecule has 129 valence electrons. The monoisotopic (exact) mass is 459 g/mol. The summed E-state index contributed by atoms with van der Waals surface area (Å²) in [5.74, 6) is 0. The van der Waals surface area contributed by atoms with E-state index >= 15 is 0 Å². The van der Waals surface area contributed by atoms with Crippen LogP contribution in [0.5, 0.6) is 0 Å². The van der Waals surface area contributed by atoms with Crippen LogP contribution in [0.15, 0.2) is 60.7 Å². The predicted octanol–water partition coefficient (Wildman–Crippen LogP) is 1.70. The van der Waals surface area contributed by atoms with Crippen LogP contribution in [-0.2, 0) is 41.9 Å². The quantitative estimate of drug-likeness (QED) is 0.296. The number of hydrogen-bond donors (Lipinski definition) is 6. The first kappa shape index (κ1) is 24.1. The van der Waals surface area contributed by atoms with Crippen molar-refractivity contribution in [2.45, 2.75) is 4.51 Å². The van der Waals surface area contributed by atoms with Crippen LogP contribution < -0.4 is 0 Å². The Kier molecular flexibility index (Phi) is 11.7. The molecule has 0 atom stereocenters. The fourth-order valence-corrected chi connectivity index (χ4v) is 2.71. The topological polar surface area (TPSA) is 121 Å². The van der Waals surface area contributed by atoms with Gasteiger partial charge in [0.1, 0.15) is 0 Å². The van der Waals surface area contributed by atoms with E-state index in [1.165, 1.54) is 29.4 Å². The molecule has 0 bridgehead atoms. The minimum atomic E-state index is -3.81. The van der Waals surface area contributed by atoms with Gasteiger partial charge in [-0.15, -0.1) is 0 Å². The number of benzene rings is 2. The molecule has 11 heteroatoms. The van der Waals surface area contributed by atoms with Crippen molar-refractivity contribution >= 4 is 37.1 Å². The average molecular weight is 461 g/mol. The van der Waals surface area contributed by atoms with Crippen molar-refractivity contribution in [2.24, 2.45) is 0 Å². The summed E-state index contributed by atoms with van der Waals surface area (Å²) < 4.78 is 0.609. The summed E-state index contributed by atoms with van der Waals surface area (Å²) >= 11 is 8.48. The second kappa shape index (κ2) is 11.7. The van der Waals surface area contributed by atoms with Gasteiger partial charge in [0.25, 0.3) is 0 Å². The molecule has 2 aromatic carbocycles. The van der Waals surface area contributed by atoms with Gasteiger partial charge < -0.3 is 29.4 Å². The molecular formula is C13H17O6P2S2Zn. The van der Waals surface area contributed by atoms with E-state index in [1.54, 1.807) is 0 Å². The van der Waals surface area contributed by atoms with Gasteiger partial charge in [-0.05, 0) is 23.6 Å². The average Bonchev–Trinajstić information content (AvgIpc) is 2.45. The molecule has 2 aromatic rings. The molecule has 0 saturated heterocycles. The normalized spacial score (nSPS) is 11.0. The van der Waals surface area contributed by atoms with Crippen molar-refractivity contribution in [1.29, 1.82) is 0 Å². The van der Waals surface area contributed by atoms with Gasteiger partial charge in [0.15, 0.2) is 0 Å². The fraction of sp³-hybridized carbons (Fsp3) is 0.0769. The third-order valence-corrected chi connectivity index (χ3v) is 4.38. The molecule has 0 amide bonds. The summed E-state index contributed by atoms with van der Waals surface area (Å²) in [5.41, 5.74) is 2.86. The molecule has 0 radical (unpaired) electrons. The third kappa shape index (κ3) is 17.0. The molecule has 24 heavy (non-hydrogen) atoms. The molecule has 0 aromatic heterocycles. The van der Waals surface area contributed by atoms with Gasteiger partial charge in [-0.2, -0.15) is 0 Å². The zero-order valence-corrected chi connectivity index (χ0v) is 18.8. The molecule has 0 aliphatic rings. The molecular weight excluding hydrogens is 444 g/mol. The van der Waals surface area contributed by atoms with E-state index in [0.29, 0.717) is 4.51 Å².